The van der Waals surface area contributed by atoms with Crippen molar-refractivity contribution >= 4 is 38.2 Å². The minimum absolute atomic E-state index is 0.963. The summed E-state index contributed by atoms with van der Waals surface area (Å²) >= 11 is 1.66. The van der Waals surface area contributed by atoms with E-state index in [9.17, 15) is 5.26 Å². The van der Waals surface area contributed by atoms with Crippen LogP contribution in [0.4, 0.5) is 0 Å². The minimum Gasteiger partial charge on any atom is -0.193 e. The summed E-state index contributed by atoms with van der Waals surface area (Å²) in [5.41, 5.74) is 1.06. The van der Waals surface area contributed by atoms with Gasteiger partial charge in [0.2, 0.25) is 0 Å². The van der Waals surface area contributed by atoms with E-state index < -0.39 is 0 Å². The summed E-state index contributed by atoms with van der Waals surface area (Å²) < 4.78 is 0. The quantitative estimate of drug-likeness (QED) is 0.237. The first-order valence-corrected chi connectivity index (χ1v) is 8.92. The summed E-state index contributed by atoms with van der Waals surface area (Å²) in [5, 5.41) is 14.1. The third-order valence-corrected chi connectivity index (χ3v) is 5.41. The van der Waals surface area contributed by atoms with Crippen LogP contribution in [0.1, 0.15) is 5.56 Å². The Morgan fingerprint density at radius 3 is 1.92 bits per heavy atom. The van der Waals surface area contributed by atoms with Gasteiger partial charge in [-0.05, 0) is 33.2 Å². The number of nitrogens with zero attached hydrogens (tertiary/aromatic N) is 1. The fraction of sp³-hybridized carbons (Fsp3) is 0. The maximum absolute atomic E-state index is 9.26. The molecular weight excluding hydrogens is 322 g/mol. The van der Waals surface area contributed by atoms with Crippen LogP contribution in [0.15, 0.2) is 95.9 Å². The molecule has 0 heterocycles. The van der Waals surface area contributed by atoms with Gasteiger partial charge in [-0.2, -0.15) is 5.26 Å². The average molecular weight is 337 g/mol. The van der Waals surface area contributed by atoms with Crippen molar-refractivity contribution in [2.24, 2.45) is 0 Å². The zero-order chi connectivity index (χ0) is 17.1. The van der Waals surface area contributed by atoms with E-state index in [4.69, 9.17) is 0 Å². The molecule has 0 bridgehead atoms. The SMILES string of the molecule is N#C/C=C(\Sc1c2ccccc2cc2ccccc12)c1ccccc1. The molecule has 1 nitrogen and oxygen atoms in total. The zero-order valence-corrected chi connectivity index (χ0v) is 14.3. The van der Waals surface area contributed by atoms with Crippen molar-refractivity contribution in [2.75, 3.05) is 0 Å². The largest absolute Gasteiger partial charge is 0.193 e. The molecule has 0 aliphatic rings. The Morgan fingerprint density at radius 1 is 0.760 bits per heavy atom. The number of nitriles is 1. The molecule has 4 aromatic rings. The first-order valence-electron chi connectivity index (χ1n) is 8.10. The number of hydrogen-bond donors (Lipinski definition) is 0. The van der Waals surface area contributed by atoms with Gasteiger partial charge in [-0.15, -0.1) is 0 Å². The maximum Gasteiger partial charge on any atom is 0.0924 e. The van der Waals surface area contributed by atoms with Crippen molar-refractivity contribution in [1.29, 1.82) is 5.26 Å². The standard InChI is InChI=1S/C23H15NS/c24-15-14-22(17-8-2-1-3-9-17)25-23-20-12-6-4-10-18(20)16-19-11-5-7-13-21(19)23/h1-14,16H/b22-14-. The lowest BCUT2D eigenvalue weighted by molar-refractivity contribution is 1.53. The number of fused-ring (bicyclic) bond motifs is 2. The van der Waals surface area contributed by atoms with Crippen molar-refractivity contribution in [3.05, 3.63) is 96.6 Å². The fourth-order valence-corrected chi connectivity index (χ4v) is 4.20. The zero-order valence-electron chi connectivity index (χ0n) is 13.5. The fourth-order valence-electron chi connectivity index (χ4n) is 3.02. The summed E-state index contributed by atoms with van der Waals surface area (Å²) in [5.74, 6) is 0. The van der Waals surface area contributed by atoms with Crippen LogP contribution >= 0.6 is 11.8 Å². The summed E-state index contributed by atoms with van der Waals surface area (Å²) in [4.78, 5) is 2.16. The highest BCUT2D eigenvalue weighted by atomic mass is 32.2. The Morgan fingerprint density at radius 2 is 1.32 bits per heavy atom. The normalized spacial score (nSPS) is 11.6. The molecule has 0 radical (unpaired) electrons. The van der Waals surface area contributed by atoms with Gasteiger partial charge in [-0.25, -0.2) is 0 Å². The van der Waals surface area contributed by atoms with Crippen molar-refractivity contribution in [1.82, 2.24) is 0 Å². The third kappa shape index (κ3) is 3.03. The molecule has 0 aliphatic heterocycles. The third-order valence-electron chi connectivity index (χ3n) is 4.19. The van der Waals surface area contributed by atoms with Gasteiger partial charge >= 0.3 is 0 Å². The Labute approximate surface area is 151 Å². The molecule has 0 saturated heterocycles. The second-order valence-electron chi connectivity index (χ2n) is 5.75. The molecule has 4 rings (SSSR count). The van der Waals surface area contributed by atoms with Crippen molar-refractivity contribution in [2.45, 2.75) is 4.90 Å². The molecule has 0 atom stereocenters. The Bertz CT molecular complexity index is 1070. The van der Waals surface area contributed by atoms with Gasteiger partial charge < -0.3 is 0 Å². The van der Waals surface area contributed by atoms with Gasteiger partial charge in [0.1, 0.15) is 0 Å². The van der Waals surface area contributed by atoms with E-state index in [-0.39, 0.29) is 0 Å². The van der Waals surface area contributed by atoms with Crippen LogP contribution in [-0.2, 0) is 0 Å². The Hall–Kier alpha value is -3.02. The van der Waals surface area contributed by atoms with E-state index in [0.29, 0.717) is 0 Å². The Balaban J connectivity index is 1.95. The van der Waals surface area contributed by atoms with Crippen LogP contribution in [0.5, 0.6) is 0 Å². The lowest BCUT2D eigenvalue weighted by atomic mass is 10.0. The molecule has 0 aliphatic carbocycles. The first kappa shape index (κ1) is 15.5. The predicted molar refractivity (Wildman–Crippen MR) is 107 cm³/mol. The van der Waals surface area contributed by atoms with Crippen molar-refractivity contribution < 1.29 is 0 Å². The smallest absolute Gasteiger partial charge is 0.0924 e. The topological polar surface area (TPSA) is 23.8 Å². The van der Waals surface area contributed by atoms with Crippen LogP contribution in [0.2, 0.25) is 0 Å². The van der Waals surface area contributed by atoms with Crippen LogP contribution in [0, 0.1) is 11.3 Å². The summed E-state index contributed by atoms with van der Waals surface area (Å²) in [6.45, 7) is 0. The molecule has 0 fully saturated rings. The lowest BCUT2D eigenvalue weighted by Gasteiger charge is -2.13. The van der Waals surface area contributed by atoms with Crippen LogP contribution in [0.25, 0.3) is 26.5 Å². The second kappa shape index (κ2) is 6.84. The van der Waals surface area contributed by atoms with Crippen molar-refractivity contribution in [3.8, 4) is 6.07 Å². The molecule has 0 unspecified atom stereocenters. The van der Waals surface area contributed by atoms with Crippen molar-refractivity contribution in [3.63, 3.8) is 0 Å². The Kier molecular flexibility index (Phi) is 4.24. The number of rotatable bonds is 3. The van der Waals surface area contributed by atoms with Crippen LogP contribution < -0.4 is 0 Å². The summed E-state index contributed by atoms with van der Waals surface area (Å²) in [7, 11) is 0. The average Bonchev–Trinajstić information content (AvgIpc) is 2.68. The minimum atomic E-state index is 0.963. The summed E-state index contributed by atoms with van der Waals surface area (Å²) in [6.07, 6.45) is 1.64. The molecule has 0 spiro atoms. The molecule has 0 amide bonds. The van der Waals surface area contributed by atoms with Crippen LogP contribution in [-0.4, -0.2) is 0 Å². The number of thioether (sulfide) groups is 1. The van der Waals surface area contributed by atoms with E-state index in [1.54, 1.807) is 17.8 Å². The first-order chi connectivity index (χ1) is 12.4. The van der Waals surface area contributed by atoms with E-state index >= 15 is 0 Å². The molecule has 4 aromatic carbocycles. The molecule has 0 saturated carbocycles. The molecule has 25 heavy (non-hydrogen) atoms. The number of allylic oxidation sites excluding steroid dienone is 1. The van der Waals surface area contributed by atoms with E-state index in [1.807, 2.05) is 30.3 Å². The number of hydrogen-bond acceptors (Lipinski definition) is 2. The monoisotopic (exact) mass is 337 g/mol. The molecule has 2 heteroatoms. The van der Waals surface area contributed by atoms with E-state index in [2.05, 4.69) is 60.7 Å². The van der Waals surface area contributed by atoms with E-state index in [1.165, 1.54) is 26.4 Å². The highest BCUT2D eigenvalue weighted by Gasteiger charge is 2.11. The molecule has 0 N–H and O–H groups in total. The predicted octanol–water partition coefficient (Wildman–Crippen LogP) is 6.65. The van der Waals surface area contributed by atoms with Crippen LogP contribution in [0.3, 0.4) is 0 Å². The maximum atomic E-state index is 9.26. The number of benzene rings is 4. The lowest BCUT2D eigenvalue weighted by Crippen LogP contribution is -1.85. The van der Waals surface area contributed by atoms with Gasteiger partial charge in [-0.3, -0.25) is 0 Å². The molecule has 118 valence electrons. The van der Waals surface area contributed by atoms with Gasteiger partial charge in [0.05, 0.1) is 6.07 Å². The molecule has 0 aromatic heterocycles. The van der Waals surface area contributed by atoms with Gasteiger partial charge in [0, 0.05) is 15.9 Å². The second-order valence-corrected chi connectivity index (χ2v) is 6.81. The highest BCUT2D eigenvalue weighted by Crippen LogP contribution is 2.42. The highest BCUT2D eigenvalue weighted by molar-refractivity contribution is 8.08. The summed E-state index contributed by atoms with van der Waals surface area (Å²) in [6, 6.07) is 31.4. The molecular formula is C23H15NS. The van der Waals surface area contributed by atoms with Gasteiger partial charge in [0.15, 0.2) is 0 Å². The van der Waals surface area contributed by atoms with Gasteiger partial charge in [-0.1, -0.05) is 90.6 Å². The van der Waals surface area contributed by atoms with E-state index in [0.717, 1.165) is 10.5 Å². The van der Waals surface area contributed by atoms with Gasteiger partial charge in [0.25, 0.3) is 0 Å².